The van der Waals surface area contributed by atoms with Crippen LogP contribution in [0.5, 0.6) is 0 Å². The molecule has 3 amide bonds. The monoisotopic (exact) mass is 557 g/mol. The number of aryl methyl sites for hydroxylation is 1. The van der Waals surface area contributed by atoms with Crippen LogP contribution in [0.4, 0.5) is 15.8 Å². The number of amides is 3. The Balaban J connectivity index is 0.00000178. The van der Waals surface area contributed by atoms with Crippen LogP contribution >= 0.6 is 0 Å². The van der Waals surface area contributed by atoms with E-state index in [0.717, 1.165) is 12.2 Å². The smallest absolute Gasteiger partial charge is 0.256 e. The maximum atomic E-state index is 14.3. The molecule has 40 heavy (non-hydrogen) atoms. The van der Waals surface area contributed by atoms with E-state index in [-0.39, 0.29) is 23.1 Å². The van der Waals surface area contributed by atoms with Gasteiger partial charge >= 0.3 is 0 Å². The molecule has 0 bridgehead atoms. The van der Waals surface area contributed by atoms with Gasteiger partial charge in [-0.15, -0.1) is 0 Å². The number of hydrogen-bond donors (Lipinski definition) is 3. The number of carbonyl (C=O) groups excluding carboxylic acids is 3. The molecule has 1 aromatic heterocycles. The number of nitrogens with zero attached hydrogens (tertiary/aromatic N) is 2. The van der Waals surface area contributed by atoms with Crippen LogP contribution in [-0.4, -0.2) is 79.4 Å². The number of H-pyrrole nitrogens is 1. The maximum Gasteiger partial charge on any atom is 0.256 e. The quantitative estimate of drug-likeness (QED) is 0.268. The second-order valence-corrected chi connectivity index (χ2v) is 9.87. The van der Waals surface area contributed by atoms with Gasteiger partial charge in [0.25, 0.3) is 11.8 Å². The first-order valence-corrected chi connectivity index (χ1v) is 13.9. The van der Waals surface area contributed by atoms with Gasteiger partial charge in [0.2, 0.25) is 5.91 Å². The zero-order valence-electron chi connectivity index (χ0n) is 25.1. The minimum atomic E-state index is -0.578. The van der Waals surface area contributed by atoms with E-state index >= 15 is 0 Å². The highest BCUT2D eigenvalue weighted by atomic mass is 19.1. The summed E-state index contributed by atoms with van der Waals surface area (Å²) in [6.07, 6.45) is 3.47. The molecule has 0 unspecified atom stereocenters. The number of fused-ring (bicyclic) bond motifs is 1. The Kier molecular flexibility index (Phi) is 12.5. The molecule has 9 nitrogen and oxygen atoms in total. The number of aromatic nitrogens is 1. The summed E-state index contributed by atoms with van der Waals surface area (Å²) in [4.78, 5) is 44.9. The Hall–Kier alpha value is -3.50. The highest BCUT2D eigenvalue weighted by Crippen LogP contribution is 2.39. The predicted molar refractivity (Wildman–Crippen MR) is 159 cm³/mol. The summed E-state index contributed by atoms with van der Waals surface area (Å²) in [5.74, 6) is -1.48. The lowest BCUT2D eigenvalue weighted by Crippen LogP contribution is -2.36. The molecule has 10 heteroatoms. The minimum absolute atomic E-state index is 0.108. The molecule has 1 aliphatic rings. The zero-order valence-corrected chi connectivity index (χ0v) is 25.1. The van der Waals surface area contributed by atoms with E-state index in [2.05, 4.69) is 34.4 Å². The van der Waals surface area contributed by atoms with Gasteiger partial charge in [-0.05, 0) is 51.1 Å². The van der Waals surface area contributed by atoms with Crippen LogP contribution in [0.15, 0.2) is 12.1 Å². The SMILES string of the molecule is CCC.CCOCCN(C)CCN(C)C(=O)c1c(CC)[nH]c(/C=C2\C(=O)Nc3c(NC(C)=O)cc(F)cc32)c1C. The first-order valence-electron chi connectivity index (χ1n) is 13.9. The molecule has 0 aliphatic carbocycles. The third-order valence-electron chi connectivity index (χ3n) is 6.39. The number of rotatable bonds is 11. The molecule has 0 spiro atoms. The van der Waals surface area contributed by atoms with Gasteiger partial charge in [0.1, 0.15) is 5.82 Å². The summed E-state index contributed by atoms with van der Waals surface area (Å²) in [5.41, 5.74) is 3.79. The number of nitrogens with one attached hydrogen (secondary N) is 3. The van der Waals surface area contributed by atoms with Gasteiger partial charge in [-0.3, -0.25) is 14.4 Å². The van der Waals surface area contributed by atoms with E-state index in [1.54, 1.807) is 18.0 Å². The minimum Gasteiger partial charge on any atom is -0.380 e. The number of hydrogen-bond acceptors (Lipinski definition) is 5. The second kappa shape index (κ2) is 15.3. The van der Waals surface area contributed by atoms with Crippen molar-refractivity contribution in [1.82, 2.24) is 14.8 Å². The molecular weight excluding hydrogens is 513 g/mol. The van der Waals surface area contributed by atoms with Crippen LogP contribution in [0.25, 0.3) is 11.6 Å². The molecule has 2 heterocycles. The molecule has 0 saturated heterocycles. The Bertz CT molecular complexity index is 1240. The number of likely N-dealkylation sites (N-methyl/N-ethyl adjacent to an activating group) is 2. The van der Waals surface area contributed by atoms with Crippen molar-refractivity contribution in [2.75, 3.05) is 57.6 Å². The van der Waals surface area contributed by atoms with Gasteiger partial charge in [-0.2, -0.15) is 0 Å². The van der Waals surface area contributed by atoms with Crippen LogP contribution in [0.3, 0.4) is 0 Å². The molecule has 1 aliphatic heterocycles. The summed E-state index contributed by atoms with van der Waals surface area (Å²) in [7, 11) is 3.76. The first kappa shape index (κ1) is 32.7. The highest BCUT2D eigenvalue weighted by molar-refractivity contribution is 6.36. The van der Waals surface area contributed by atoms with E-state index in [1.165, 1.54) is 25.5 Å². The van der Waals surface area contributed by atoms with Crippen molar-refractivity contribution in [1.29, 1.82) is 0 Å². The van der Waals surface area contributed by atoms with Crippen molar-refractivity contribution in [3.05, 3.63) is 46.0 Å². The fraction of sp³-hybridized carbons (Fsp3) is 0.500. The number of aromatic amines is 1. The van der Waals surface area contributed by atoms with E-state index in [1.807, 2.05) is 27.8 Å². The van der Waals surface area contributed by atoms with Crippen molar-refractivity contribution >= 4 is 40.7 Å². The van der Waals surface area contributed by atoms with E-state index < -0.39 is 11.7 Å². The number of carbonyl (C=O) groups is 3. The molecule has 0 fully saturated rings. The molecule has 220 valence electrons. The highest BCUT2D eigenvalue weighted by Gasteiger charge is 2.29. The molecular formula is C30H44FN5O4. The van der Waals surface area contributed by atoms with Crippen LogP contribution in [-0.2, 0) is 20.7 Å². The fourth-order valence-electron chi connectivity index (χ4n) is 4.30. The van der Waals surface area contributed by atoms with Gasteiger partial charge in [0, 0.05) is 57.2 Å². The Morgan fingerprint density at radius 2 is 1.77 bits per heavy atom. The topological polar surface area (TPSA) is 107 Å². The molecule has 3 N–H and O–H groups in total. The van der Waals surface area contributed by atoms with Gasteiger partial charge in [-0.25, -0.2) is 4.39 Å². The largest absolute Gasteiger partial charge is 0.380 e. The Morgan fingerprint density at radius 3 is 2.38 bits per heavy atom. The molecule has 2 aromatic rings. The molecule has 1 aromatic carbocycles. The summed E-state index contributed by atoms with van der Waals surface area (Å²) >= 11 is 0. The molecule has 0 saturated carbocycles. The van der Waals surface area contributed by atoms with Crippen LogP contribution < -0.4 is 10.6 Å². The van der Waals surface area contributed by atoms with E-state index in [0.29, 0.717) is 60.8 Å². The average molecular weight is 558 g/mol. The standard InChI is InChI=1S/C27H36FN5O4.C3H8/c1-7-21-24(27(36)33(6)10-9-32(5)11-12-37-8-2)16(3)22(30-21)15-20-19-13-18(28)14-23(29-17(4)34)25(19)31-26(20)35;1-3-2/h13-15,30H,7-12H2,1-6H3,(H,29,34)(H,31,35);3H2,1-2H3/b20-15-;. The number of ether oxygens (including phenoxy) is 1. The van der Waals surface area contributed by atoms with Gasteiger partial charge < -0.3 is 30.2 Å². The van der Waals surface area contributed by atoms with E-state index in [4.69, 9.17) is 4.74 Å². The van der Waals surface area contributed by atoms with Crippen molar-refractivity contribution < 1.29 is 23.5 Å². The molecule has 3 rings (SSSR count). The summed E-state index contributed by atoms with van der Waals surface area (Å²) in [6.45, 7) is 14.7. The normalized spacial score (nSPS) is 13.2. The third kappa shape index (κ3) is 8.25. The van der Waals surface area contributed by atoms with Gasteiger partial charge in [0.05, 0.1) is 29.1 Å². The third-order valence-corrected chi connectivity index (χ3v) is 6.39. The summed E-state index contributed by atoms with van der Waals surface area (Å²) < 4.78 is 19.7. The lowest BCUT2D eigenvalue weighted by Gasteiger charge is -2.22. The van der Waals surface area contributed by atoms with Crippen molar-refractivity contribution in [3.63, 3.8) is 0 Å². The van der Waals surface area contributed by atoms with Crippen LogP contribution in [0.2, 0.25) is 0 Å². The van der Waals surface area contributed by atoms with Crippen LogP contribution in [0, 0.1) is 12.7 Å². The molecule has 0 radical (unpaired) electrons. The van der Waals surface area contributed by atoms with Crippen molar-refractivity contribution in [3.8, 4) is 0 Å². The maximum absolute atomic E-state index is 14.3. The zero-order chi connectivity index (χ0) is 30.0. The summed E-state index contributed by atoms with van der Waals surface area (Å²) in [6, 6.07) is 2.42. The lowest BCUT2D eigenvalue weighted by molar-refractivity contribution is -0.114. The first-order chi connectivity index (χ1) is 19.0. The average Bonchev–Trinajstić information content (AvgIpc) is 3.38. The Morgan fingerprint density at radius 1 is 1.10 bits per heavy atom. The predicted octanol–water partition coefficient (Wildman–Crippen LogP) is 4.93. The van der Waals surface area contributed by atoms with Crippen LogP contribution in [0.1, 0.15) is 73.9 Å². The van der Waals surface area contributed by atoms with Gasteiger partial charge in [0.15, 0.2) is 0 Å². The number of anilines is 2. The fourth-order valence-corrected chi connectivity index (χ4v) is 4.30. The van der Waals surface area contributed by atoms with Crippen molar-refractivity contribution in [2.24, 2.45) is 0 Å². The lowest BCUT2D eigenvalue weighted by atomic mass is 10.0. The number of benzene rings is 1. The Labute approximate surface area is 237 Å². The second-order valence-electron chi connectivity index (χ2n) is 9.87. The van der Waals surface area contributed by atoms with Gasteiger partial charge in [-0.1, -0.05) is 27.2 Å². The van der Waals surface area contributed by atoms with E-state index in [9.17, 15) is 18.8 Å². The summed E-state index contributed by atoms with van der Waals surface area (Å²) in [5, 5.41) is 5.28. The van der Waals surface area contributed by atoms with Crippen molar-refractivity contribution in [2.45, 2.75) is 54.4 Å². The number of halogens is 1. The molecule has 0 atom stereocenters.